The van der Waals surface area contributed by atoms with Crippen molar-refractivity contribution in [3.8, 4) is 0 Å². The Morgan fingerprint density at radius 2 is 1.81 bits per heavy atom. The number of nitrogens with one attached hydrogen (secondary N) is 1. The van der Waals surface area contributed by atoms with E-state index in [0.29, 0.717) is 6.54 Å². The van der Waals surface area contributed by atoms with Crippen molar-refractivity contribution in [2.75, 3.05) is 32.7 Å². The first-order valence-electron chi connectivity index (χ1n) is 7.51. The first kappa shape index (κ1) is 14.0. The van der Waals surface area contributed by atoms with Crippen LogP contribution >= 0.6 is 0 Å². The molecule has 1 fully saturated rings. The number of amides is 1. The lowest BCUT2D eigenvalue weighted by molar-refractivity contribution is 0.0736. The highest BCUT2D eigenvalue weighted by Gasteiger charge is 2.17. The lowest BCUT2D eigenvalue weighted by Crippen LogP contribution is -2.46. The first-order chi connectivity index (χ1) is 10.3. The molecule has 2 aromatic rings. The summed E-state index contributed by atoms with van der Waals surface area (Å²) < 4.78 is 0. The van der Waals surface area contributed by atoms with Crippen molar-refractivity contribution in [1.82, 2.24) is 10.2 Å². The summed E-state index contributed by atoms with van der Waals surface area (Å²) in [7, 11) is 0. The zero-order valence-corrected chi connectivity index (χ0v) is 12.1. The molecule has 0 radical (unpaired) electrons. The van der Waals surface area contributed by atoms with Crippen LogP contribution in [0.5, 0.6) is 0 Å². The predicted octanol–water partition coefficient (Wildman–Crippen LogP) is 1.39. The van der Waals surface area contributed by atoms with E-state index in [1.807, 2.05) is 23.1 Å². The Balaban J connectivity index is 1.86. The fourth-order valence-electron chi connectivity index (χ4n) is 2.80. The average molecular weight is 283 g/mol. The standard InChI is InChI=1S/C17H21N3O/c18-6-5-13-1-2-15-12-16(4-3-14(15)11-13)17(21)20-9-7-19-8-10-20/h1-4,11-12,19H,5-10,18H2. The van der Waals surface area contributed by atoms with E-state index in [1.165, 1.54) is 5.56 Å². The highest BCUT2D eigenvalue weighted by molar-refractivity contribution is 5.98. The molecule has 110 valence electrons. The number of hydrogen-bond donors (Lipinski definition) is 2. The zero-order valence-electron chi connectivity index (χ0n) is 12.1. The van der Waals surface area contributed by atoms with Gasteiger partial charge in [-0.1, -0.05) is 24.3 Å². The van der Waals surface area contributed by atoms with E-state index in [2.05, 4.69) is 23.5 Å². The number of nitrogens with zero attached hydrogens (tertiary/aromatic N) is 1. The molecule has 21 heavy (non-hydrogen) atoms. The predicted molar refractivity (Wildman–Crippen MR) is 85.5 cm³/mol. The fourth-order valence-corrected chi connectivity index (χ4v) is 2.80. The Hall–Kier alpha value is -1.91. The van der Waals surface area contributed by atoms with Crippen LogP contribution in [0.15, 0.2) is 36.4 Å². The Kier molecular flexibility index (Phi) is 4.18. The topological polar surface area (TPSA) is 58.4 Å². The molecule has 0 aliphatic carbocycles. The molecule has 0 bridgehead atoms. The molecule has 0 aromatic heterocycles. The molecule has 0 saturated carbocycles. The second-order valence-corrected chi connectivity index (χ2v) is 5.48. The monoisotopic (exact) mass is 283 g/mol. The summed E-state index contributed by atoms with van der Waals surface area (Å²) in [6.45, 7) is 3.98. The van der Waals surface area contributed by atoms with Gasteiger partial charge in [0.05, 0.1) is 0 Å². The third-order valence-corrected chi connectivity index (χ3v) is 3.99. The minimum atomic E-state index is 0.129. The Bertz CT molecular complexity index is 648. The van der Waals surface area contributed by atoms with Crippen molar-refractivity contribution in [3.05, 3.63) is 47.5 Å². The minimum absolute atomic E-state index is 0.129. The average Bonchev–Trinajstić information content (AvgIpc) is 2.55. The van der Waals surface area contributed by atoms with E-state index < -0.39 is 0 Å². The van der Waals surface area contributed by atoms with Crippen LogP contribution in [0, 0.1) is 0 Å². The van der Waals surface area contributed by atoms with Crippen LogP contribution in [0.3, 0.4) is 0 Å². The molecule has 3 N–H and O–H groups in total. The van der Waals surface area contributed by atoms with Gasteiger partial charge in [0.25, 0.3) is 5.91 Å². The first-order valence-corrected chi connectivity index (χ1v) is 7.51. The molecular formula is C17H21N3O. The van der Waals surface area contributed by atoms with Crippen LogP contribution < -0.4 is 11.1 Å². The molecule has 1 saturated heterocycles. The second kappa shape index (κ2) is 6.24. The molecule has 1 amide bonds. The highest BCUT2D eigenvalue weighted by Crippen LogP contribution is 2.19. The summed E-state index contributed by atoms with van der Waals surface area (Å²) in [4.78, 5) is 14.4. The largest absolute Gasteiger partial charge is 0.336 e. The lowest BCUT2D eigenvalue weighted by atomic mass is 10.0. The Morgan fingerprint density at radius 3 is 2.57 bits per heavy atom. The molecule has 2 aromatic carbocycles. The van der Waals surface area contributed by atoms with E-state index in [0.717, 1.165) is 48.9 Å². The zero-order chi connectivity index (χ0) is 14.7. The molecule has 3 rings (SSSR count). The van der Waals surface area contributed by atoms with Crippen molar-refractivity contribution >= 4 is 16.7 Å². The summed E-state index contributed by atoms with van der Waals surface area (Å²) in [6, 6.07) is 12.3. The van der Waals surface area contributed by atoms with Crippen molar-refractivity contribution < 1.29 is 4.79 Å². The van der Waals surface area contributed by atoms with E-state index in [-0.39, 0.29) is 5.91 Å². The Morgan fingerprint density at radius 1 is 1.10 bits per heavy atom. The van der Waals surface area contributed by atoms with Crippen molar-refractivity contribution in [2.45, 2.75) is 6.42 Å². The number of carbonyl (C=O) groups is 1. The SMILES string of the molecule is NCCc1ccc2cc(C(=O)N3CCNCC3)ccc2c1. The van der Waals surface area contributed by atoms with Gasteiger partial charge in [-0.2, -0.15) is 0 Å². The van der Waals surface area contributed by atoms with E-state index in [4.69, 9.17) is 5.73 Å². The molecule has 0 atom stereocenters. The molecule has 1 aliphatic rings. The van der Waals surface area contributed by atoms with E-state index >= 15 is 0 Å². The van der Waals surface area contributed by atoms with Crippen LogP contribution in [0.4, 0.5) is 0 Å². The number of piperazine rings is 1. The maximum atomic E-state index is 12.5. The molecule has 4 heteroatoms. The molecule has 0 unspecified atom stereocenters. The van der Waals surface area contributed by atoms with Gasteiger partial charge in [0.15, 0.2) is 0 Å². The number of nitrogens with two attached hydrogens (primary N) is 1. The van der Waals surface area contributed by atoms with Gasteiger partial charge in [-0.25, -0.2) is 0 Å². The van der Waals surface area contributed by atoms with Crippen molar-refractivity contribution in [1.29, 1.82) is 0 Å². The Labute approximate surface area is 124 Å². The highest BCUT2D eigenvalue weighted by atomic mass is 16.2. The summed E-state index contributed by atoms with van der Waals surface area (Å²) in [6.07, 6.45) is 0.886. The number of benzene rings is 2. The van der Waals surface area contributed by atoms with Crippen LogP contribution in [-0.4, -0.2) is 43.5 Å². The minimum Gasteiger partial charge on any atom is -0.336 e. The lowest BCUT2D eigenvalue weighted by Gasteiger charge is -2.27. The van der Waals surface area contributed by atoms with Gasteiger partial charge in [-0.15, -0.1) is 0 Å². The van der Waals surface area contributed by atoms with Crippen LogP contribution in [0.25, 0.3) is 10.8 Å². The molecule has 1 aliphatic heterocycles. The van der Waals surface area contributed by atoms with E-state index in [9.17, 15) is 4.79 Å². The summed E-state index contributed by atoms with van der Waals surface area (Å²) in [5.41, 5.74) is 7.61. The molecular weight excluding hydrogens is 262 g/mol. The third-order valence-electron chi connectivity index (χ3n) is 3.99. The van der Waals surface area contributed by atoms with Gasteiger partial charge < -0.3 is 16.0 Å². The maximum Gasteiger partial charge on any atom is 0.253 e. The van der Waals surface area contributed by atoms with Gasteiger partial charge in [0.1, 0.15) is 0 Å². The fraction of sp³-hybridized carbons (Fsp3) is 0.353. The molecule has 1 heterocycles. The number of fused-ring (bicyclic) bond motifs is 1. The van der Waals surface area contributed by atoms with Crippen molar-refractivity contribution in [2.24, 2.45) is 5.73 Å². The summed E-state index contributed by atoms with van der Waals surface area (Å²) in [5.74, 6) is 0.129. The number of hydrogen-bond acceptors (Lipinski definition) is 3. The molecule has 4 nitrogen and oxygen atoms in total. The van der Waals surface area contributed by atoms with Crippen LogP contribution in [-0.2, 0) is 6.42 Å². The third kappa shape index (κ3) is 3.06. The second-order valence-electron chi connectivity index (χ2n) is 5.48. The van der Waals surface area contributed by atoms with Crippen LogP contribution in [0.1, 0.15) is 15.9 Å². The van der Waals surface area contributed by atoms with Gasteiger partial charge in [-0.05, 0) is 41.4 Å². The quantitative estimate of drug-likeness (QED) is 0.895. The van der Waals surface area contributed by atoms with Crippen molar-refractivity contribution in [3.63, 3.8) is 0 Å². The van der Waals surface area contributed by atoms with Gasteiger partial charge in [0.2, 0.25) is 0 Å². The molecule has 0 spiro atoms. The van der Waals surface area contributed by atoms with Gasteiger partial charge in [-0.3, -0.25) is 4.79 Å². The maximum absolute atomic E-state index is 12.5. The number of carbonyl (C=O) groups excluding carboxylic acids is 1. The summed E-state index contributed by atoms with van der Waals surface area (Å²) in [5, 5.41) is 5.54. The number of rotatable bonds is 3. The van der Waals surface area contributed by atoms with Gasteiger partial charge in [0, 0.05) is 31.7 Å². The van der Waals surface area contributed by atoms with E-state index in [1.54, 1.807) is 0 Å². The smallest absolute Gasteiger partial charge is 0.253 e. The summed E-state index contributed by atoms with van der Waals surface area (Å²) >= 11 is 0. The normalized spacial score (nSPS) is 15.4. The van der Waals surface area contributed by atoms with Gasteiger partial charge >= 0.3 is 0 Å². The van der Waals surface area contributed by atoms with Crippen LogP contribution in [0.2, 0.25) is 0 Å².